The minimum atomic E-state index is -3.36. The van der Waals surface area contributed by atoms with Crippen LogP contribution in [0.3, 0.4) is 0 Å². The second-order valence-electron chi connectivity index (χ2n) is 5.32. The van der Waals surface area contributed by atoms with E-state index in [9.17, 15) is 8.42 Å². The minimum absolute atomic E-state index is 0.340. The van der Waals surface area contributed by atoms with Gasteiger partial charge >= 0.3 is 0 Å². The van der Waals surface area contributed by atoms with Crippen LogP contribution in [0, 0.1) is 11.3 Å². The molecule has 112 valence electrons. The van der Waals surface area contributed by atoms with Crippen LogP contribution < -0.4 is 0 Å². The van der Waals surface area contributed by atoms with Gasteiger partial charge in [0.1, 0.15) is 0 Å². The molecule has 3 rings (SSSR count). The fraction of sp³-hybridized carbons (Fsp3) is 0.235. The summed E-state index contributed by atoms with van der Waals surface area (Å²) in [4.78, 5) is 0.340. The normalized spacial score (nSPS) is 15.6. The third-order valence-electron chi connectivity index (χ3n) is 3.90. The van der Waals surface area contributed by atoms with Gasteiger partial charge in [-0.3, -0.25) is 0 Å². The lowest BCUT2D eigenvalue weighted by Gasteiger charge is -2.15. The molecule has 1 heterocycles. The molecule has 0 N–H and O–H groups in total. The third-order valence-corrected chi connectivity index (χ3v) is 5.82. The van der Waals surface area contributed by atoms with E-state index in [0.717, 1.165) is 24.0 Å². The quantitative estimate of drug-likeness (QED) is 0.875. The Bertz CT molecular complexity index is 797. The molecule has 1 fully saturated rings. The number of hydrogen-bond acceptors (Lipinski definition) is 3. The molecule has 0 spiro atoms. The highest BCUT2D eigenvalue weighted by Gasteiger charge is 2.26. The molecule has 0 atom stereocenters. The summed E-state index contributed by atoms with van der Waals surface area (Å²) in [6, 6.07) is 16.2. The molecule has 1 aliphatic heterocycles. The van der Waals surface area contributed by atoms with Crippen LogP contribution in [-0.4, -0.2) is 25.8 Å². The van der Waals surface area contributed by atoms with Gasteiger partial charge in [-0.15, -0.1) is 0 Å². The summed E-state index contributed by atoms with van der Waals surface area (Å²) in [7, 11) is -3.36. The van der Waals surface area contributed by atoms with Gasteiger partial charge in [-0.1, -0.05) is 24.3 Å². The van der Waals surface area contributed by atoms with Gasteiger partial charge < -0.3 is 0 Å². The van der Waals surface area contributed by atoms with Gasteiger partial charge in [0.05, 0.1) is 16.5 Å². The smallest absolute Gasteiger partial charge is 0.207 e. The van der Waals surface area contributed by atoms with E-state index in [4.69, 9.17) is 5.26 Å². The van der Waals surface area contributed by atoms with E-state index in [-0.39, 0.29) is 0 Å². The highest BCUT2D eigenvalue weighted by Crippen LogP contribution is 2.25. The Labute approximate surface area is 130 Å². The number of rotatable bonds is 3. The van der Waals surface area contributed by atoms with Crippen molar-refractivity contribution in [3.8, 4) is 17.2 Å². The maximum Gasteiger partial charge on any atom is 0.243 e. The molecule has 0 bridgehead atoms. The summed E-state index contributed by atoms with van der Waals surface area (Å²) >= 11 is 0. The van der Waals surface area contributed by atoms with E-state index < -0.39 is 10.0 Å². The number of nitrogens with zero attached hydrogens (tertiary/aromatic N) is 2. The van der Waals surface area contributed by atoms with Crippen molar-refractivity contribution in [2.45, 2.75) is 17.7 Å². The third kappa shape index (κ3) is 2.76. The highest BCUT2D eigenvalue weighted by atomic mass is 32.2. The largest absolute Gasteiger partial charge is 0.243 e. The molecule has 0 amide bonds. The van der Waals surface area contributed by atoms with Crippen LogP contribution in [0.4, 0.5) is 0 Å². The molecule has 22 heavy (non-hydrogen) atoms. The van der Waals surface area contributed by atoms with Gasteiger partial charge in [0.25, 0.3) is 0 Å². The summed E-state index contributed by atoms with van der Waals surface area (Å²) in [6.45, 7) is 1.22. The van der Waals surface area contributed by atoms with Crippen molar-refractivity contribution in [1.29, 1.82) is 5.26 Å². The number of hydrogen-bond donors (Lipinski definition) is 0. The lowest BCUT2D eigenvalue weighted by molar-refractivity contribution is 0.477. The molecule has 1 aliphatic rings. The maximum atomic E-state index is 12.5. The predicted molar refractivity (Wildman–Crippen MR) is 84.6 cm³/mol. The minimum Gasteiger partial charge on any atom is -0.207 e. The Hall–Kier alpha value is -2.16. The van der Waals surface area contributed by atoms with Crippen LogP contribution in [-0.2, 0) is 10.0 Å². The van der Waals surface area contributed by atoms with Crippen molar-refractivity contribution in [1.82, 2.24) is 4.31 Å². The summed E-state index contributed by atoms with van der Waals surface area (Å²) in [5, 5.41) is 8.81. The van der Waals surface area contributed by atoms with Crippen LogP contribution in [0.2, 0.25) is 0 Å². The van der Waals surface area contributed by atoms with E-state index in [2.05, 4.69) is 6.07 Å². The SMILES string of the molecule is N#Cc1ccc(-c2ccc(S(=O)(=O)N3CCCC3)cc2)cc1. The fourth-order valence-electron chi connectivity index (χ4n) is 2.63. The Morgan fingerprint density at radius 1 is 0.864 bits per heavy atom. The molecular weight excluding hydrogens is 296 g/mol. The van der Waals surface area contributed by atoms with E-state index in [0.29, 0.717) is 23.5 Å². The fourth-order valence-corrected chi connectivity index (χ4v) is 4.15. The molecule has 4 nitrogen and oxygen atoms in total. The van der Waals surface area contributed by atoms with Crippen molar-refractivity contribution in [2.75, 3.05) is 13.1 Å². The first-order valence-electron chi connectivity index (χ1n) is 7.22. The molecule has 0 aliphatic carbocycles. The van der Waals surface area contributed by atoms with Crippen LogP contribution in [0.1, 0.15) is 18.4 Å². The van der Waals surface area contributed by atoms with Crippen LogP contribution >= 0.6 is 0 Å². The Morgan fingerprint density at radius 2 is 1.36 bits per heavy atom. The Morgan fingerprint density at radius 3 is 1.86 bits per heavy atom. The molecule has 5 heteroatoms. The average molecular weight is 312 g/mol. The molecule has 0 radical (unpaired) electrons. The molecule has 0 aromatic heterocycles. The first-order chi connectivity index (χ1) is 10.6. The average Bonchev–Trinajstić information content (AvgIpc) is 3.10. The molecule has 2 aromatic rings. The van der Waals surface area contributed by atoms with Gasteiger partial charge in [0, 0.05) is 13.1 Å². The number of sulfonamides is 1. The first kappa shape index (κ1) is 14.8. The van der Waals surface area contributed by atoms with Gasteiger partial charge in [-0.25, -0.2) is 8.42 Å². The maximum absolute atomic E-state index is 12.5. The standard InChI is InChI=1S/C17H16N2O2S/c18-13-14-3-5-15(6-4-14)16-7-9-17(10-8-16)22(20,21)19-11-1-2-12-19/h3-10H,1-2,11-12H2. The zero-order valence-corrected chi connectivity index (χ0v) is 12.9. The summed E-state index contributed by atoms with van der Waals surface area (Å²) in [5.41, 5.74) is 2.51. The van der Waals surface area contributed by atoms with E-state index in [1.54, 1.807) is 28.6 Å². The monoisotopic (exact) mass is 312 g/mol. The Kier molecular flexibility index (Phi) is 3.97. The molecule has 2 aromatic carbocycles. The van der Waals surface area contributed by atoms with Gasteiger partial charge in [-0.05, 0) is 48.2 Å². The summed E-state index contributed by atoms with van der Waals surface area (Å²) in [5.74, 6) is 0. The summed E-state index contributed by atoms with van der Waals surface area (Å²) in [6.07, 6.45) is 1.87. The zero-order chi connectivity index (χ0) is 15.6. The molecule has 1 saturated heterocycles. The second-order valence-corrected chi connectivity index (χ2v) is 7.26. The molecular formula is C17H16N2O2S. The van der Waals surface area contributed by atoms with Crippen LogP contribution in [0.15, 0.2) is 53.4 Å². The summed E-state index contributed by atoms with van der Waals surface area (Å²) < 4.78 is 26.5. The lowest BCUT2D eigenvalue weighted by atomic mass is 10.0. The molecule has 0 unspecified atom stereocenters. The van der Waals surface area contributed by atoms with Crippen molar-refractivity contribution in [3.63, 3.8) is 0 Å². The predicted octanol–water partition coefficient (Wildman–Crippen LogP) is 3.01. The lowest BCUT2D eigenvalue weighted by Crippen LogP contribution is -2.27. The second kappa shape index (κ2) is 5.91. The first-order valence-corrected chi connectivity index (χ1v) is 8.66. The number of nitriles is 1. The Balaban J connectivity index is 1.87. The van der Waals surface area contributed by atoms with Gasteiger partial charge in [0.2, 0.25) is 10.0 Å². The van der Waals surface area contributed by atoms with Crippen LogP contribution in [0.25, 0.3) is 11.1 Å². The van der Waals surface area contributed by atoms with E-state index in [1.807, 2.05) is 24.3 Å². The van der Waals surface area contributed by atoms with Crippen molar-refractivity contribution in [2.24, 2.45) is 0 Å². The highest BCUT2D eigenvalue weighted by molar-refractivity contribution is 7.89. The number of benzene rings is 2. The van der Waals surface area contributed by atoms with Crippen molar-refractivity contribution >= 4 is 10.0 Å². The van der Waals surface area contributed by atoms with Gasteiger partial charge in [-0.2, -0.15) is 9.57 Å². The van der Waals surface area contributed by atoms with E-state index >= 15 is 0 Å². The molecule has 0 saturated carbocycles. The van der Waals surface area contributed by atoms with Crippen molar-refractivity contribution in [3.05, 3.63) is 54.1 Å². The zero-order valence-electron chi connectivity index (χ0n) is 12.1. The topological polar surface area (TPSA) is 61.2 Å². The van der Waals surface area contributed by atoms with Gasteiger partial charge in [0.15, 0.2) is 0 Å². The van der Waals surface area contributed by atoms with Crippen LogP contribution in [0.5, 0.6) is 0 Å². The van der Waals surface area contributed by atoms with Crippen molar-refractivity contribution < 1.29 is 8.42 Å². The van der Waals surface area contributed by atoms with E-state index in [1.165, 1.54) is 0 Å².